The van der Waals surface area contributed by atoms with E-state index in [0.29, 0.717) is 0 Å². The third-order valence-electron chi connectivity index (χ3n) is 3.19. The van der Waals surface area contributed by atoms with Crippen molar-refractivity contribution in [2.75, 3.05) is 0 Å². The van der Waals surface area contributed by atoms with Gasteiger partial charge >= 0.3 is 6.18 Å². The Labute approximate surface area is 108 Å². The molecule has 0 amide bonds. The van der Waals surface area contributed by atoms with E-state index in [9.17, 15) is 13.2 Å². The Morgan fingerprint density at radius 1 is 0.737 bits per heavy atom. The van der Waals surface area contributed by atoms with Gasteiger partial charge in [0.05, 0.1) is 5.56 Å². The third-order valence-corrected chi connectivity index (χ3v) is 3.19. The fourth-order valence-corrected chi connectivity index (χ4v) is 2.12. The van der Waals surface area contributed by atoms with E-state index in [1.165, 1.54) is 12.1 Å². The van der Waals surface area contributed by atoms with E-state index in [0.717, 1.165) is 23.3 Å². The summed E-state index contributed by atoms with van der Waals surface area (Å²) in [5.74, 6) is 0. The first-order valence-corrected chi connectivity index (χ1v) is 5.93. The van der Waals surface area contributed by atoms with Crippen LogP contribution in [0.5, 0.6) is 0 Å². The van der Waals surface area contributed by atoms with Crippen molar-refractivity contribution in [3.8, 4) is 0 Å². The van der Waals surface area contributed by atoms with E-state index in [4.69, 9.17) is 4.74 Å². The minimum atomic E-state index is -4.29. The molecule has 98 valence electrons. The number of alkyl halides is 3. The summed E-state index contributed by atoms with van der Waals surface area (Å²) >= 11 is 0. The van der Waals surface area contributed by atoms with Gasteiger partial charge < -0.3 is 4.74 Å². The molecule has 0 bridgehead atoms. The molecule has 0 saturated carbocycles. The summed E-state index contributed by atoms with van der Waals surface area (Å²) in [6, 6.07) is 14.8. The Balaban J connectivity index is 1.76. The van der Waals surface area contributed by atoms with Crippen LogP contribution in [0.3, 0.4) is 0 Å². The topological polar surface area (TPSA) is 12.5 Å². The van der Waals surface area contributed by atoms with Crippen molar-refractivity contribution in [3.05, 3.63) is 71.3 Å². The standard InChI is InChI=1S/C15H11F3O/c16-15(17,18)12-8-6-11(7-9-12)14-13(19-14)10-4-2-1-3-5-10/h1-9,13-14H/t13?,14-/m0/s1. The summed E-state index contributed by atoms with van der Waals surface area (Å²) in [7, 11) is 0. The highest BCUT2D eigenvalue weighted by Crippen LogP contribution is 2.50. The van der Waals surface area contributed by atoms with Crippen molar-refractivity contribution in [1.82, 2.24) is 0 Å². The molecular weight excluding hydrogens is 253 g/mol. The SMILES string of the molecule is FC(F)(F)c1ccc([C@@H]2OC2c2ccccc2)cc1. The fourth-order valence-electron chi connectivity index (χ4n) is 2.12. The Morgan fingerprint density at radius 2 is 1.26 bits per heavy atom. The first-order valence-electron chi connectivity index (χ1n) is 5.93. The van der Waals surface area contributed by atoms with E-state index < -0.39 is 11.7 Å². The number of epoxide rings is 1. The first kappa shape index (κ1) is 12.2. The van der Waals surface area contributed by atoms with Crippen LogP contribution in [0.4, 0.5) is 13.2 Å². The molecule has 19 heavy (non-hydrogen) atoms. The highest BCUT2D eigenvalue weighted by molar-refractivity contribution is 5.32. The average Bonchev–Trinajstić information content (AvgIpc) is 3.19. The van der Waals surface area contributed by atoms with Gasteiger partial charge in [-0.15, -0.1) is 0 Å². The van der Waals surface area contributed by atoms with E-state index in [1.54, 1.807) is 0 Å². The van der Waals surface area contributed by atoms with Crippen molar-refractivity contribution in [2.24, 2.45) is 0 Å². The maximum Gasteiger partial charge on any atom is 0.416 e. The predicted octanol–water partition coefficient (Wildman–Crippen LogP) is 4.52. The summed E-state index contributed by atoms with van der Waals surface area (Å²) in [6.07, 6.45) is -4.47. The van der Waals surface area contributed by atoms with E-state index in [-0.39, 0.29) is 12.2 Å². The molecule has 0 spiro atoms. The molecular formula is C15H11F3O. The summed E-state index contributed by atoms with van der Waals surface area (Å²) in [5, 5.41) is 0. The molecule has 4 heteroatoms. The van der Waals surface area contributed by atoms with Gasteiger partial charge in [-0.25, -0.2) is 0 Å². The number of benzene rings is 2. The van der Waals surface area contributed by atoms with Crippen molar-refractivity contribution >= 4 is 0 Å². The van der Waals surface area contributed by atoms with Crippen molar-refractivity contribution < 1.29 is 17.9 Å². The lowest BCUT2D eigenvalue weighted by Crippen LogP contribution is -2.04. The number of rotatable bonds is 2. The molecule has 1 heterocycles. The van der Waals surface area contributed by atoms with Crippen LogP contribution in [0.2, 0.25) is 0 Å². The minimum Gasteiger partial charge on any atom is -0.359 e. The van der Waals surface area contributed by atoms with Crippen LogP contribution in [0.15, 0.2) is 54.6 Å². The van der Waals surface area contributed by atoms with Gasteiger partial charge in [0, 0.05) is 0 Å². The van der Waals surface area contributed by atoms with Crippen LogP contribution in [0.25, 0.3) is 0 Å². The molecule has 0 aromatic heterocycles. The molecule has 2 aromatic carbocycles. The maximum absolute atomic E-state index is 12.4. The number of halogens is 3. The van der Waals surface area contributed by atoms with Crippen LogP contribution in [-0.2, 0) is 10.9 Å². The molecule has 1 saturated heterocycles. The van der Waals surface area contributed by atoms with Gasteiger partial charge in [0.2, 0.25) is 0 Å². The zero-order valence-corrected chi connectivity index (χ0v) is 9.89. The normalized spacial score (nSPS) is 22.3. The third kappa shape index (κ3) is 2.49. The summed E-state index contributed by atoms with van der Waals surface area (Å²) in [4.78, 5) is 0. The lowest BCUT2D eigenvalue weighted by atomic mass is 10.0. The zero-order valence-electron chi connectivity index (χ0n) is 9.89. The molecule has 2 atom stereocenters. The monoisotopic (exact) mass is 264 g/mol. The van der Waals surface area contributed by atoms with Crippen LogP contribution in [0, 0.1) is 0 Å². The Hall–Kier alpha value is -1.81. The fraction of sp³-hybridized carbons (Fsp3) is 0.200. The van der Waals surface area contributed by atoms with Crippen molar-refractivity contribution in [3.63, 3.8) is 0 Å². The molecule has 1 nitrogen and oxygen atoms in total. The second-order valence-electron chi connectivity index (χ2n) is 4.51. The van der Waals surface area contributed by atoms with E-state index >= 15 is 0 Å². The van der Waals surface area contributed by atoms with Crippen LogP contribution in [-0.4, -0.2) is 0 Å². The number of ether oxygens (including phenoxy) is 1. The molecule has 2 aromatic rings. The zero-order chi connectivity index (χ0) is 13.5. The van der Waals surface area contributed by atoms with Gasteiger partial charge in [-0.3, -0.25) is 0 Å². The molecule has 1 aliphatic heterocycles. The molecule has 1 unspecified atom stereocenters. The van der Waals surface area contributed by atoms with Gasteiger partial charge in [0.15, 0.2) is 0 Å². The number of hydrogen-bond acceptors (Lipinski definition) is 1. The highest BCUT2D eigenvalue weighted by Gasteiger charge is 2.41. The largest absolute Gasteiger partial charge is 0.416 e. The smallest absolute Gasteiger partial charge is 0.359 e. The average molecular weight is 264 g/mol. The van der Waals surface area contributed by atoms with Crippen molar-refractivity contribution in [2.45, 2.75) is 18.4 Å². The summed E-state index contributed by atoms with van der Waals surface area (Å²) in [5.41, 5.74) is 1.20. The number of hydrogen-bond donors (Lipinski definition) is 0. The minimum absolute atomic E-state index is 0.0436. The molecule has 1 aliphatic rings. The van der Waals surface area contributed by atoms with Gasteiger partial charge in [-0.1, -0.05) is 42.5 Å². The maximum atomic E-state index is 12.4. The molecule has 0 radical (unpaired) electrons. The highest BCUT2D eigenvalue weighted by atomic mass is 19.4. The van der Waals surface area contributed by atoms with Gasteiger partial charge in [0.1, 0.15) is 12.2 Å². The van der Waals surface area contributed by atoms with E-state index in [1.807, 2.05) is 30.3 Å². The second kappa shape index (κ2) is 4.38. The van der Waals surface area contributed by atoms with Crippen LogP contribution < -0.4 is 0 Å². The van der Waals surface area contributed by atoms with E-state index in [2.05, 4.69) is 0 Å². The molecule has 0 N–H and O–H groups in total. The summed E-state index contributed by atoms with van der Waals surface area (Å²) < 4.78 is 42.9. The second-order valence-corrected chi connectivity index (χ2v) is 4.51. The Kier molecular flexibility index (Phi) is 2.82. The van der Waals surface area contributed by atoms with Gasteiger partial charge in [-0.2, -0.15) is 13.2 Å². The van der Waals surface area contributed by atoms with Crippen LogP contribution in [0.1, 0.15) is 28.9 Å². The van der Waals surface area contributed by atoms with Gasteiger partial charge in [-0.05, 0) is 23.3 Å². The van der Waals surface area contributed by atoms with Crippen molar-refractivity contribution in [1.29, 1.82) is 0 Å². The summed E-state index contributed by atoms with van der Waals surface area (Å²) in [6.45, 7) is 0. The van der Waals surface area contributed by atoms with Crippen LogP contribution >= 0.6 is 0 Å². The first-order chi connectivity index (χ1) is 9.05. The van der Waals surface area contributed by atoms with Gasteiger partial charge in [0.25, 0.3) is 0 Å². The Morgan fingerprint density at radius 3 is 1.79 bits per heavy atom. The lowest BCUT2D eigenvalue weighted by molar-refractivity contribution is -0.137. The quantitative estimate of drug-likeness (QED) is 0.726. The predicted molar refractivity (Wildman–Crippen MR) is 64.5 cm³/mol. The lowest BCUT2D eigenvalue weighted by Gasteiger charge is -2.06. The molecule has 1 fully saturated rings. The molecule has 0 aliphatic carbocycles. The molecule has 3 rings (SSSR count). The Bertz CT molecular complexity index is 560.